The number of esters is 2. The summed E-state index contributed by atoms with van der Waals surface area (Å²) in [6.45, 7) is 4.36. The van der Waals surface area contributed by atoms with Gasteiger partial charge in [-0.1, -0.05) is 0 Å². The molecule has 0 saturated heterocycles. The van der Waals surface area contributed by atoms with Crippen molar-refractivity contribution in [2.45, 2.75) is 51.7 Å². The monoisotopic (exact) mass is 405 g/mol. The SMILES string of the molecule is CCOC(=O)c1cn[nH]c1.CCOC(=O)c1cnn(C2CC2)c1.O[B]OC1CC1. The number of nitrogens with one attached hydrogen (secondary N) is 1. The highest BCUT2D eigenvalue weighted by molar-refractivity contribution is 6.16. The van der Waals surface area contributed by atoms with Gasteiger partial charge in [0, 0.05) is 18.5 Å². The summed E-state index contributed by atoms with van der Waals surface area (Å²) in [6, 6.07) is 0.517. The smallest absolute Gasteiger partial charge is 0.462 e. The van der Waals surface area contributed by atoms with E-state index in [-0.39, 0.29) is 11.9 Å². The van der Waals surface area contributed by atoms with Gasteiger partial charge < -0.3 is 19.2 Å². The second kappa shape index (κ2) is 12.0. The molecule has 2 aliphatic carbocycles. The maximum atomic E-state index is 11.2. The van der Waals surface area contributed by atoms with Crippen molar-refractivity contribution in [2.75, 3.05) is 13.2 Å². The molecule has 29 heavy (non-hydrogen) atoms. The minimum Gasteiger partial charge on any atom is -0.462 e. The van der Waals surface area contributed by atoms with E-state index in [0.29, 0.717) is 36.5 Å². The molecule has 2 aromatic rings. The highest BCUT2D eigenvalue weighted by Crippen LogP contribution is 2.34. The molecule has 2 fully saturated rings. The molecule has 1 radical (unpaired) electrons. The quantitative estimate of drug-likeness (QED) is 0.526. The van der Waals surface area contributed by atoms with E-state index in [4.69, 9.17) is 9.76 Å². The van der Waals surface area contributed by atoms with E-state index in [2.05, 4.69) is 24.7 Å². The van der Waals surface area contributed by atoms with Crippen LogP contribution in [0.4, 0.5) is 0 Å². The van der Waals surface area contributed by atoms with Gasteiger partial charge in [-0.15, -0.1) is 0 Å². The van der Waals surface area contributed by atoms with Crippen LogP contribution in [0.15, 0.2) is 24.8 Å². The maximum Gasteiger partial charge on any atom is 0.485 e. The second-order valence-electron chi connectivity index (χ2n) is 6.31. The van der Waals surface area contributed by atoms with Gasteiger partial charge in [0.2, 0.25) is 0 Å². The number of nitrogens with zero attached hydrogens (tertiary/aromatic N) is 3. The standard InChI is InChI=1S/C9H12N2O2.C6H8N2O2.C3H6BO2/c1-2-13-9(12)7-5-10-11(6-7)8-3-4-8;1-2-10-6(9)5-3-7-8-4-5;5-4-6-3-1-2-3/h5-6,8H,2-4H2,1H3;3-4H,2H2,1H3,(H,7,8);3,5H,1-2H2. The lowest BCUT2D eigenvalue weighted by Gasteiger charge is -1.96. The molecule has 0 aromatic carbocycles. The third-order valence-electron chi connectivity index (χ3n) is 3.82. The molecule has 2 N–H and O–H groups in total. The van der Waals surface area contributed by atoms with E-state index in [9.17, 15) is 9.59 Å². The molecule has 0 unspecified atom stereocenters. The molecule has 157 valence electrons. The molecule has 0 bridgehead atoms. The van der Waals surface area contributed by atoms with Gasteiger partial charge in [-0.3, -0.25) is 9.78 Å². The number of carbonyl (C=O) groups excluding carboxylic acids is 2. The van der Waals surface area contributed by atoms with E-state index in [1.807, 2.05) is 4.68 Å². The Morgan fingerprint density at radius 3 is 2.24 bits per heavy atom. The van der Waals surface area contributed by atoms with Gasteiger partial charge in [0.1, 0.15) is 0 Å². The number of hydrogen-bond acceptors (Lipinski definition) is 8. The summed E-state index contributed by atoms with van der Waals surface area (Å²) in [7, 11) is 0.762. The normalized spacial score (nSPS) is 14.6. The third-order valence-corrected chi connectivity index (χ3v) is 3.82. The van der Waals surface area contributed by atoms with Crippen molar-refractivity contribution in [3.05, 3.63) is 35.9 Å². The summed E-state index contributed by atoms with van der Waals surface area (Å²) in [5.74, 6) is -0.620. The Morgan fingerprint density at radius 2 is 1.79 bits per heavy atom. The summed E-state index contributed by atoms with van der Waals surface area (Å²) >= 11 is 0. The Bertz CT molecular complexity index is 743. The number of carbonyl (C=O) groups is 2. The highest BCUT2D eigenvalue weighted by Gasteiger charge is 2.25. The van der Waals surface area contributed by atoms with Crippen molar-refractivity contribution in [3.8, 4) is 0 Å². The van der Waals surface area contributed by atoms with E-state index < -0.39 is 0 Å². The van der Waals surface area contributed by atoms with Gasteiger partial charge in [0.25, 0.3) is 0 Å². The zero-order valence-corrected chi connectivity index (χ0v) is 16.6. The minimum atomic E-state index is -0.337. The van der Waals surface area contributed by atoms with Crippen LogP contribution >= 0.6 is 0 Å². The molecule has 2 aromatic heterocycles. The number of H-pyrrole nitrogens is 1. The van der Waals surface area contributed by atoms with Crippen LogP contribution in [-0.4, -0.2) is 63.9 Å². The maximum absolute atomic E-state index is 11.2. The fourth-order valence-corrected chi connectivity index (χ4v) is 2.06. The Morgan fingerprint density at radius 1 is 1.14 bits per heavy atom. The first-order valence-electron chi connectivity index (χ1n) is 9.57. The average Bonchev–Trinajstić information content (AvgIpc) is 3.62. The van der Waals surface area contributed by atoms with Crippen LogP contribution in [0.1, 0.15) is 66.3 Å². The van der Waals surface area contributed by atoms with Crippen LogP contribution in [0.3, 0.4) is 0 Å². The molecule has 2 aliphatic rings. The molecular weight excluding hydrogens is 379 g/mol. The number of ether oxygens (including phenoxy) is 2. The van der Waals surface area contributed by atoms with Crippen LogP contribution in [0.5, 0.6) is 0 Å². The fourth-order valence-electron chi connectivity index (χ4n) is 2.06. The van der Waals surface area contributed by atoms with Crippen molar-refractivity contribution in [1.29, 1.82) is 0 Å². The van der Waals surface area contributed by atoms with Crippen molar-refractivity contribution in [2.24, 2.45) is 0 Å². The first kappa shape index (κ1) is 22.6. The van der Waals surface area contributed by atoms with Crippen LogP contribution in [-0.2, 0) is 14.1 Å². The van der Waals surface area contributed by atoms with Gasteiger partial charge in [-0.2, -0.15) is 10.2 Å². The first-order chi connectivity index (χ1) is 14.1. The van der Waals surface area contributed by atoms with Gasteiger partial charge in [-0.05, 0) is 39.5 Å². The summed E-state index contributed by atoms with van der Waals surface area (Å²) < 4.78 is 16.0. The molecule has 2 saturated carbocycles. The molecule has 0 atom stereocenters. The molecule has 4 rings (SSSR count). The van der Waals surface area contributed by atoms with Crippen molar-refractivity contribution in [1.82, 2.24) is 20.0 Å². The van der Waals surface area contributed by atoms with Crippen LogP contribution < -0.4 is 0 Å². The zero-order valence-electron chi connectivity index (χ0n) is 16.6. The van der Waals surface area contributed by atoms with Gasteiger partial charge >= 0.3 is 19.6 Å². The molecule has 0 aliphatic heterocycles. The number of aromatic amines is 1. The van der Waals surface area contributed by atoms with Gasteiger partial charge in [0.15, 0.2) is 0 Å². The Labute approximate surface area is 169 Å². The Kier molecular flexibility index (Phi) is 9.38. The van der Waals surface area contributed by atoms with E-state index in [1.165, 1.54) is 25.2 Å². The fraction of sp³-hybridized carbons (Fsp3) is 0.556. The Hall–Kier alpha value is -2.66. The van der Waals surface area contributed by atoms with Crippen molar-refractivity contribution >= 4 is 19.6 Å². The number of hydrogen-bond donors (Lipinski definition) is 2. The van der Waals surface area contributed by atoms with E-state index in [1.54, 1.807) is 26.2 Å². The van der Waals surface area contributed by atoms with E-state index >= 15 is 0 Å². The van der Waals surface area contributed by atoms with Crippen LogP contribution in [0.25, 0.3) is 0 Å². The lowest BCUT2D eigenvalue weighted by molar-refractivity contribution is 0.0516. The summed E-state index contributed by atoms with van der Waals surface area (Å²) in [5, 5.41) is 18.1. The lowest BCUT2D eigenvalue weighted by Crippen LogP contribution is -2.03. The number of aromatic nitrogens is 4. The van der Waals surface area contributed by atoms with Crippen LogP contribution in [0, 0.1) is 0 Å². The van der Waals surface area contributed by atoms with Gasteiger partial charge in [0.05, 0.1) is 42.8 Å². The molecule has 11 heteroatoms. The average molecular weight is 405 g/mol. The molecule has 2 heterocycles. The second-order valence-corrected chi connectivity index (χ2v) is 6.31. The number of rotatable bonds is 7. The predicted octanol–water partition coefficient (Wildman–Crippen LogP) is 1.67. The predicted molar refractivity (Wildman–Crippen MR) is 103 cm³/mol. The summed E-state index contributed by atoms with van der Waals surface area (Å²) in [4.78, 5) is 22.0. The van der Waals surface area contributed by atoms with Gasteiger partial charge in [-0.25, -0.2) is 9.59 Å². The van der Waals surface area contributed by atoms with Crippen molar-refractivity contribution < 1.29 is 28.7 Å². The zero-order chi connectivity index (χ0) is 21.1. The lowest BCUT2D eigenvalue weighted by atomic mass is 10.4. The van der Waals surface area contributed by atoms with Crippen molar-refractivity contribution in [3.63, 3.8) is 0 Å². The highest BCUT2D eigenvalue weighted by atomic mass is 16.5. The molecule has 10 nitrogen and oxygen atoms in total. The summed E-state index contributed by atoms with van der Waals surface area (Å²) in [6.07, 6.45) is 11.2. The third kappa shape index (κ3) is 8.49. The van der Waals surface area contributed by atoms with E-state index in [0.717, 1.165) is 20.5 Å². The topological polar surface area (TPSA) is 129 Å². The Balaban J connectivity index is 0.000000166. The van der Waals surface area contributed by atoms with Crippen LogP contribution in [0.2, 0.25) is 0 Å². The molecule has 0 spiro atoms. The first-order valence-corrected chi connectivity index (χ1v) is 9.57. The largest absolute Gasteiger partial charge is 0.485 e. The molecular formula is C18H26BN4O6. The minimum absolute atomic E-state index is 0.283. The summed E-state index contributed by atoms with van der Waals surface area (Å²) in [5.41, 5.74) is 1.01. The molecule has 0 amide bonds.